The lowest BCUT2D eigenvalue weighted by Crippen LogP contribution is -2.29. The average molecular weight is 446 g/mol. The van der Waals surface area contributed by atoms with Crippen LogP contribution in [0.2, 0.25) is 0 Å². The summed E-state index contributed by atoms with van der Waals surface area (Å²) in [5.74, 6) is -0.200. The molecule has 1 amide bonds. The third-order valence-corrected chi connectivity index (χ3v) is 5.21. The van der Waals surface area contributed by atoms with Crippen LogP contribution in [0.5, 0.6) is 11.5 Å². The average Bonchev–Trinajstić information content (AvgIpc) is 3.38. The van der Waals surface area contributed by atoms with Crippen LogP contribution in [0.25, 0.3) is 5.76 Å². The highest BCUT2D eigenvalue weighted by Gasteiger charge is 2.48. The number of anilines is 1. The SMILES string of the molecule is C=CCOc1ccc(C2/C(=C(\O)c3cccc(OC)c3)C(=O)C(=O)N2c2cc(C)on2)cc1. The molecule has 0 saturated carbocycles. The van der Waals surface area contributed by atoms with E-state index in [1.54, 1.807) is 67.6 Å². The topological polar surface area (TPSA) is 102 Å². The first-order valence-electron chi connectivity index (χ1n) is 10.2. The van der Waals surface area contributed by atoms with Gasteiger partial charge in [0.2, 0.25) is 0 Å². The second kappa shape index (κ2) is 9.04. The molecule has 1 fully saturated rings. The number of aromatic nitrogens is 1. The minimum atomic E-state index is -0.922. The number of aryl methyl sites for hydroxylation is 1. The number of carbonyl (C=O) groups is 2. The first kappa shape index (κ1) is 21.9. The number of methoxy groups -OCH3 is 1. The Morgan fingerprint density at radius 3 is 2.58 bits per heavy atom. The maximum atomic E-state index is 13.1. The Balaban J connectivity index is 1.87. The Morgan fingerprint density at radius 2 is 1.94 bits per heavy atom. The fourth-order valence-electron chi connectivity index (χ4n) is 3.68. The highest BCUT2D eigenvalue weighted by Crippen LogP contribution is 2.42. The van der Waals surface area contributed by atoms with E-state index in [1.165, 1.54) is 12.0 Å². The largest absolute Gasteiger partial charge is 0.507 e. The lowest BCUT2D eigenvalue weighted by Gasteiger charge is -2.23. The Labute approximate surface area is 190 Å². The molecule has 3 aromatic rings. The van der Waals surface area contributed by atoms with E-state index in [0.717, 1.165) is 0 Å². The smallest absolute Gasteiger partial charge is 0.301 e. The van der Waals surface area contributed by atoms with Gasteiger partial charge in [-0.1, -0.05) is 42.1 Å². The molecule has 0 aliphatic carbocycles. The highest BCUT2D eigenvalue weighted by molar-refractivity contribution is 6.51. The lowest BCUT2D eigenvalue weighted by atomic mass is 9.95. The Bertz CT molecular complexity index is 1240. The molecule has 1 aliphatic heterocycles. The third-order valence-electron chi connectivity index (χ3n) is 5.21. The van der Waals surface area contributed by atoms with Crippen LogP contribution < -0.4 is 14.4 Å². The van der Waals surface area contributed by atoms with Gasteiger partial charge in [0, 0.05) is 11.6 Å². The maximum absolute atomic E-state index is 13.1. The number of Topliss-reactive ketones (excluding diaryl/α,β-unsaturated/α-hetero) is 1. The molecule has 1 atom stereocenters. The normalized spacial score (nSPS) is 17.3. The second-order valence-corrected chi connectivity index (χ2v) is 7.37. The van der Waals surface area contributed by atoms with E-state index in [0.29, 0.717) is 35.0 Å². The zero-order valence-corrected chi connectivity index (χ0v) is 18.1. The molecule has 1 N–H and O–H groups in total. The highest BCUT2D eigenvalue weighted by atomic mass is 16.5. The summed E-state index contributed by atoms with van der Waals surface area (Å²) >= 11 is 0. The van der Waals surface area contributed by atoms with Gasteiger partial charge >= 0.3 is 5.91 Å². The van der Waals surface area contributed by atoms with Crippen molar-refractivity contribution < 1.29 is 28.7 Å². The van der Waals surface area contributed by atoms with Crippen LogP contribution in [0.1, 0.15) is 22.9 Å². The lowest BCUT2D eigenvalue weighted by molar-refractivity contribution is -0.132. The number of aliphatic hydroxyl groups is 1. The van der Waals surface area contributed by atoms with Crippen molar-refractivity contribution in [2.75, 3.05) is 18.6 Å². The number of amides is 1. The number of nitrogens with zero attached hydrogens (tertiary/aromatic N) is 2. The van der Waals surface area contributed by atoms with Crippen molar-refractivity contribution in [2.24, 2.45) is 0 Å². The number of hydrogen-bond donors (Lipinski definition) is 1. The summed E-state index contributed by atoms with van der Waals surface area (Å²) in [7, 11) is 1.50. The van der Waals surface area contributed by atoms with Crippen LogP contribution in [0, 0.1) is 6.92 Å². The van der Waals surface area contributed by atoms with Gasteiger partial charge in [0.15, 0.2) is 5.82 Å². The fraction of sp³-hybridized carbons (Fsp3) is 0.160. The Hall–Kier alpha value is -4.33. The van der Waals surface area contributed by atoms with Crippen molar-refractivity contribution in [3.8, 4) is 11.5 Å². The van der Waals surface area contributed by atoms with Gasteiger partial charge in [-0.05, 0) is 36.8 Å². The monoisotopic (exact) mass is 446 g/mol. The van der Waals surface area contributed by atoms with Crippen molar-refractivity contribution in [1.82, 2.24) is 5.16 Å². The predicted octanol–water partition coefficient (Wildman–Crippen LogP) is 4.18. The van der Waals surface area contributed by atoms with Crippen molar-refractivity contribution >= 4 is 23.3 Å². The summed E-state index contributed by atoms with van der Waals surface area (Å²) in [4.78, 5) is 27.4. The van der Waals surface area contributed by atoms with Gasteiger partial charge in [0.25, 0.3) is 5.78 Å². The molecule has 4 rings (SSSR count). The molecule has 0 spiro atoms. The van der Waals surface area contributed by atoms with E-state index < -0.39 is 17.7 Å². The third kappa shape index (κ3) is 4.10. The molecule has 1 aromatic heterocycles. The maximum Gasteiger partial charge on any atom is 0.301 e. The summed E-state index contributed by atoms with van der Waals surface area (Å²) in [5.41, 5.74) is 0.874. The van der Waals surface area contributed by atoms with Crippen molar-refractivity contribution in [3.63, 3.8) is 0 Å². The van der Waals surface area contributed by atoms with Crippen LogP contribution in [-0.4, -0.2) is 35.7 Å². The van der Waals surface area contributed by atoms with Crippen molar-refractivity contribution in [2.45, 2.75) is 13.0 Å². The predicted molar refractivity (Wildman–Crippen MR) is 121 cm³/mol. The summed E-state index contributed by atoms with van der Waals surface area (Å²) in [6.45, 7) is 5.65. The van der Waals surface area contributed by atoms with E-state index in [-0.39, 0.29) is 17.2 Å². The van der Waals surface area contributed by atoms with Crippen LogP contribution in [0.15, 0.2) is 77.3 Å². The minimum Gasteiger partial charge on any atom is -0.507 e. The van der Waals surface area contributed by atoms with Gasteiger partial charge in [-0.2, -0.15) is 0 Å². The van der Waals surface area contributed by atoms with Gasteiger partial charge in [0.1, 0.15) is 29.6 Å². The number of hydrogen-bond acceptors (Lipinski definition) is 7. The molecule has 1 aliphatic rings. The van der Waals surface area contributed by atoms with E-state index in [9.17, 15) is 14.7 Å². The van der Waals surface area contributed by atoms with Crippen molar-refractivity contribution in [3.05, 3.63) is 89.7 Å². The van der Waals surface area contributed by atoms with Crippen LogP contribution >= 0.6 is 0 Å². The Morgan fingerprint density at radius 1 is 1.18 bits per heavy atom. The first-order chi connectivity index (χ1) is 15.9. The van der Waals surface area contributed by atoms with Crippen LogP contribution in [0.4, 0.5) is 5.82 Å². The molecule has 2 heterocycles. The van der Waals surface area contributed by atoms with Gasteiger partial charge in [-0.3, -0.25) is 14.5 Å². The number of aliphatic hydroxyl groups excluding tert-OH is 1. The van der Waals surface area contributed by atoms with Crippen LogP contribution in [-0.2, 0) is 9.59 Å². The molecule has 168 valence electrons. The van der Waals surface area contributed by atoms with Gasteiger partial charge in [-0.25, -0.2) is 0 Å². The molecular weight excluding hydrogens is 424 g/mol. The first-order valence-corrected chi connectivity index (χ1v) is 10.2. The van der Waals surface area contributed by atoms with E-state index >= 15 is 0 Å². The van der Waals surface area contributed by atoms with E-state index in [1.807, 2.05) is 0 Å². The number of carbonyl (C=O) groups excluding carboxylic acids is 2. The number of ether oxygens (including phenoxy) is 2. The molecule has 1 saturated heterocycles. The summed E-state index contributed by atoms with van der Waals surface area (Å²) < 4.78 is 15.9. The van der Waals surface area contributed by atoms with E-state index in [2.05, 4.69) is 11.7 Å². The van der Waals surface area contributed by atoms with Gasteiger partial charge in [-0.15, -0.1) is 0 Å². The van der Waals surface area contributed by atoms with Crippen molar-refractivity contribution in [1.29, 1.82) is 0 Å². The summed E-state index contributed by atoms with van der Waals surface area (Å²) in [6, 6.07) is 14.2. The second-order valence-electron chi connectivity index (χ2n) is 7.37. The zero-order valence-electron chi connectivity index (χ0n) is 18.1. The van der Waals surface area contributed by atoms with Gasteiger partial charge in [0.05, 0.1) is 18.7 Å². The zero-order chi connectivity index (χ0) is 23.5. The molecule has 1 unspecified atom stereocenters. The minimum absolute atomic E-state index is 0.0614. The standard InChI is InChI=1S/C25H22N2O6/c1-4-12-32-18-10-8-16(9-11-18)22-21(23(28)17-6-5-7-19(14-17)31-3)24(29)25(30)27(22)20-13-15(2)33-26-20/h4-11,13-14,22,28H,1,12H2,2-3H3/b23-21+. The number of benzene rings is 2. The molecule has 2 aromatic carbocycles. The molecule has 33 heavy (non-hydrogen) atoms. The number of ketones is 1. The quantitative estimate of drug-likeness (QED) is 0.251. The van der Waals surface area contributed by atoms with Gasteiger partial charge < -0.3 is 19.1 Å². The summed E-state index contributed by atoms with van der Waals surface area (Å²) in [5, 5.41) is 15.1. The van der Waals surface area contributed by atoms with Crippen LogP contribution in [0.3, 0.4) is 0 Å². The molecule has 0 bridgehead atoms. The fourth-order valence-corrected chi connectivity index (χ4v) is 3.68. The molecule has 8 nitrogen and oxygen atoms in total. The Kier molecular flexibility index (Phi) is 5.99. The summed E-state index contributed by atoms with van der Waals surface area (Å²) in [6.07, 6.45) is 1.63. The number of rotatable bonds is 7. The van der Waals surface area contributed by atoms with E-state index in [4.69, 9.17) is 14.0 Å². The molecule has 8 heteroatoms. The molecule has 0 radical (unpaired) electrons. The molecular formula is C25H22N2O6.